The van der Waals surface area contributed by atoms with Crippen molar-refractivity contribution < 1.29 is 19.4 Å². The third kappa shape index (κ3) is 4.63. The Hall–Kier alpha value is -2.82. The molecule has 2 aromatic rings. The minimum Gasteiger partial charge on any atom is -0.508 e. The number of benzene rings is 2. The van der Waals surface area contributed by atoms with Crippen LogP contribution >= 0.6 is 0 Å². The van der Waals surface area contributed by atoms with Crippen LogP contribution in [0.4, 0.5) is 0 Å². The van der Waals surface area contributed by atoms with Crippen molar-refractivity contribution in [1.82, 2.24) is 4.90 Å². The Labute approximate surface area is 153 Å². The largest absolute Gasteiger partial charge is 0.508 e. The number of nitrogens with zero attached hydrogens (tertiary/aromatic N) is 1. The topological polar surface area (TPSA) is 66.8 Å². The second-order valence-corrected chi connectivity index (χ2v) is 6.50. The number of carbonyl (C=O) groups is 2. The molecule has 1 aliphatic rings. The number of hydrogen-bond donors (Lipinski definition) is 1. The molecule has 5 heteroatoms. The van der Waals surface area contributed by atoms with Gasteiger partial charge in [0.05, 0.1) is 5.56 Å². The zero-order valence-electron chi connectivity index (χ0n) is 14.7. The molecule has 0 aliphatic carbocycles. The first-order valence-corrected chi connectivity index (χ1v) is 8.98. The quantitative estimate of drug-likeness (QED) is 0.853. The first-order valence-electron chi connectivity index (χ1n) is 8.98. The lowest BCUT2D eigenvalue weighted by molar-refractivity contribution is -0.134. The second-order valence-electron chi connectivity index (χ2n) is 6.50. The van der Waals surface area contributed by atoms with Crippen molar-refractivity contribution in [1.29, 1.82) is 0 Å². The summed E-state index contributed by atoms with van der Waals surface area (Å²) in [6, 6.07) is 13.8. The van der Waals surface area contributed by atoms with E-state index in [1.165, 1.54) is 0 Å². The molecule has 0 aromatic heterocycles. The number of phenolic OH excluding ortho intramolecular Hbond substituents is 1. The van der Waals surface area contributed by atoms with Crippen LogP contribution < -0.4 is 0 Å². The summed E-state index contributed by atoms with van der Waals surface area (Å²) in [6.07, 6.45) is 4.31. The van der Waals surface area contributed by atoms with Gasteiger partial charge in [0.15, 0.2) is 6.61 Å². The Bertz CT molecular complexity index is 762. The number of esters is 1. The fourth-order valence-electron chi connectivity index (χ4n) is 3.10. The number of carbonyl (C=O) groups excluding carboxylic acids is 2. The van der Waals surface area contributed by atoms with E-state index in [0.717, 1.165) is 49.9 Å². The summed E-state index contributed by atoms with van der Waals surface area (Å²) in [5, 5.41) is 9.38. The summed E-state index contributed by atoms with van der Waals surface area (Å²) in [6.45, 7) is 1.27. The van der Waals surface area contributed by atoms with E-state index in [4.69, 9.17) is 4.74 Å². The lowest BCUT2D eigenvalue weighted by atomic mass is 10.0. The van der Waals surface area contributed by atoms with Gasteiger partial charge in [-0.25, -0.2) is 4.79 Å². The molecule has 1 amide bonds. The van der Waals surface area contributed by atoms with Crippen LogP contribution in [0.3, 0.4) is 0 Å². The van der Waals surface area contributed by atoms with Crippen LogP contribution in [-0.4, -0.2) is 41.6 Å². The summed E-state index contributed by atoms with van der Waals surface area (Å²) < 4.78 is 5.22. The highest BCUT2D eigenvalue weighted by Gasteiger charge is 2.18. The van der Waals surface area contributed by atoms with Gasteiger partial charge in [-0.1, -0.05) is 37.1 Å². The highest BCUT2D eigenvalue weighted by atomic mass is 16.5. The molecule has 1 fully saturated rings. The SMILES string of the molecule is O=C(OCC(=O)N1CCCCCC1)c1cccc(-c2ccc(O)cc2)c1. The molecule has 1 aliphatic heterocycles. The van der Waals surface area contributed by atoms with E-state index < -0.39 is 5.97 Å². The Morgan fingerprint density at radius 3 is 2.31 bits per heavy atom. The van der Waals surface area contributed by atoms with Crippen molar-refractivity contribution in [3.05, 3.63) is 54.1 Å². The number of rotatable bonds is 4. The Kier molecular flexibility index (Phi) is 5.89. The molecule has 3 rings (SSSR count). The molecular formula is C21H23NO4. The molecule has 136 valence electrons. The summed E-state index contributed by atoms with van der Waals surface area (Å²) in [7, 11) is 0. The Morgan fingerprint density at radius 1 is 0.923 bits per heavy atom. The molecule has 0 bridgehead atoms. The number of amides is 1. The van der Waals surface area contributed by atoms with Crippen LogP contribution in [0.2, 0.25) is 0 Å². The highest BCUT2D eigenvalue weighted by molar-refractivity contribution is 5.92. The maximum Gasteiger partial charge on any atom is 0.338 e. The van der Waals surface area contributed by atoms with E-state index in [9.17, 15) is 14.7 Å². The fraction of sp³-hybridized carbons (Fsp3) is 0.333. The Morgan fingerprint density at radius 2 is 1.62 bits per heavy atom. The van der Waals surface area contributed by atoms with Gasteiger partial charge in [-0.3, -0.25) is 4.79 Å². The smallest absolute Gasteiger partial charge is 0.338 e. The normalized spacial score (nSPS) is 14.5. The zero-order chi connectivity index (χ0) is 18.4. The monoisotopic (exact) mass is 353 g/mol. The average molecular weight is 353 g/mol. The lowest BCUT2D eigenvalue weighted by Gasteiger charge is -2.19. The van der Waals surface area contributed by atoms with Crippen LogP contribution in [0.25, 0.3) is 11.1 Å². The van der Waals surface area contributed by atoms with Crippen LogP contribution in [0.15, 0.2) is 48.5 Å². The van der Waals surface area contributed by atoms with E-state index >= 15 is 0 Å². The molecular weight excluding hydrogens is 330 g/mol. The molecule has 2 aromatic carbocycles. The van der Waals surface area contributed by atoms with E-state index in [1.807, 2.05) is 6.07 Å². The third-order valence-corrected chi connectivity index (χ3v) is 4.58. The summed E-state index contributed by atoms with van der Waals surface area (Å²) in [5.74, 6) is -0.444. The van der Waals surface area contributed by atoms with Gasteiger partial charge in [0.1, 0.15) is 5.75 Å². The van der Waals surface area contributed by atoms with Gasteiger partial charge in [0.2, 0.25) is 0 Å². The van der Waals surface area contributed by atoms with Gasteiger partial charge in [-0.15, -0.1) is 0 Å². The second kappa shape index (κ2) is 8.52. The minimum atomic E-state index is -0.506. The van der Waals surface area contributed by atoms with Crippen molar-refractivity contribution in [2.24, 2.45) is 0 Å². The average Bonchev–Trinajstić information content (AvgIpc) is 2.96. The van der Waals surface area contributed by atoms with Crippen LogP contribution in [0, 0.1) is 0 Å². The molecule has 26 heavy (non-hydrogen) atoms. The molecule has 1 N–H and O–H groups in total. The maximum absolute atomic E-state index is 12.3. The molecule has 1 saturated heterocycles. The van der Waals surface area contributed by atoms with Crippen molar-refractivity contribution >= 4 is 11.9 Å². The van der Waals surface area contributed by atoms with E-state index in [0.29, 0.717) is 5.56 Å². The zero-order valence-corrected chi connectivity index (χ0v) is 14.7. The number of hydrogen-bond acceptors (Lipinski definition) is 4. The van der Waals surface area contributed by atoms with Gasteiger partial charge < -0.3 is 14.7 Å². The van der Waals surface area contributed by atoms with Crippen molar-refractivity contribution in [2.45, 2.75) is 25.7 Å². The maximum atomic E-state index is 12.3. The lowest BCUT2D eigenvalue weighted by Crippen LogP contribution is -2.35. The van der Waals surface area contributed by atoms with E-state index in [-0.39, 0.29) is 18.3 Å². The third-order valence-electron chi connectivity index (χ3n) is 4.58. The van der Waals surface area contributed by atoms with E-state index in [2.05, 4.69) is 0 Å². The van der Waals surface area contributed by atoms with Gasteiger partial charge in [0.25, 0.3) is 5.91 Å². The first kappa shape index (κ1) is 18.0. The van der Waals surface area contributed by atoms with Gasteiger partial charge >= 0.3 is 5.97 Å². The molecule has 0 radical (unpaired) electrons. The van der Waals surface area contributed by atoms with Gasteiger partial charge in [-0.05, 0) is 48.2 Å². The number of aromatic hydroxyl groups is 1. The molecule has 1 heterocycles. The van der Waals surface area contributed by atoms with Crippen LogP contribution in [0.1, 0.15) is 36.0 Å². The van der Waals surface area contributed by atoms with Crippen LogP contribution in [-0.2, 0) is 9.53 Å². The molecule has 5 nitrogen and oxygen atoms in total. The standard InChI is InChI=1S/C21H23NO4/c23-19-10-8-16(9-11-19)17-6-5-7-18(14-17)21(25)26-15-20(24)22-12-3-1-2-4-13-22/h5-11,14,23H,1-4,12-13,15H2. The predicted octanol–water partition coefficient (Wildman–Crippen LogP) is 3.62. The molecule has 0 unspecified atom stereocenters. The fourth-order valence-corrected chi connectivity index (χ4v) is 3.10. The van der Waals surface area contributed by atoms with Crippen LogP contribution in [0.5, 0.6) is 5.75 Å². The van der Waals surface area contributed by atoms with Gasteiger partial charge in [0, 0.05) is 13.1 Å². The van der Waals surface area contributed by atoms with Crippen molar-refractivity contribution in [3.8, 4) is 16.9 Å². The first-order chi connectivity index (χ1) is 12.6. The summed E-state index contributed by atoms with van der Waals surface area (Å²) in [4.78, 5) is 26.3. The molecule has 0 spiro atoms. The minimum absolute atomic E-state index is 0.130. The number of phenols is 1. The summed E-state index contributed by atoms with van der Waals surface area (Å²) >= 11 is 0. The number of likely N-dealkylation sites (tertiary alicyclic amines) is 1. The molecule has 0 atom stereocenters. The summed E-state index contributed by atoms with van der Waals surface area (Å²) in [5.41, 5.74) is 2.13. The highest BCUT2D eigenvalue weighted by Crippen LogP contribution is 2.23. The number of ether oxygens (including phenoxy) is 1. The van der Waals surface area contributed by atoms with Gasteiger partial charge in [-0.2, -0.15) is 0 Å². The predicted molar refractivity (Wildman–Crippen MR) is 98.9 cm³/mol. The van der Waals surface area contributed by atoms with Crippen molar-refractivity contribution in [3.63, 3.8) is 0 Å². The van der Waals surface area contributed by atoms with Crippen molar-refractivity contribution in [2.75, 3.05) is 19.7 Å². The van der Waals surface area contributed by atoms with E-state index in [1.54, 1.807) is 47.4 Å². The Balaban J connectivity index is 1.61. The molecule has 0 saturated carbocycles.